The lowest BCUT2D eigenvalue weighted by Gasteiger charge is -2.41. The van der Waals surface area contributed by atoms with Gasteiger partial charge in [-0.1, -0.05) is 58.1 Å². The number of amides is 4. The molecule has 7 nitrogen and oxygen atoms in total. The molecule has 0 spiro atoms. The van der Waals surface area contributed by atoms with Crippen molar-refractivity contribution in [1.29, 1.82) is 0 Å². The summed E-state index contributed by atoms with van der Waals surface area (Å²) in [5, 5.41) is 9.16. The monoisotopic (exact) mass is 532 g/mol. The molecule has 38 heavy (non-hydrogen) atoms. The lowest BCUT2D eigenvalue weighted by molar-refractivity contribution is -0.133. The topological polar surface area (TPSA) is 90.5 Å². The van der Waals surface area contributed by atoms with E-state index in [2.05, 4.69) is 67.9 Å². The second kappa shape index (κ2) is 9.42. The van der Waals surface area contributed by atoms with E-state index in [4.69, 9.17) is 0 Å². The molecule has 4 amide bonds. The number of anilines is 2. The Morgan fingerprint density at radius 1 is 1.13 bits per heavy atom. The Morgan fingerprint density at radius 3 is 2.61 bits per heavy atom. The summed E-state index contributed by atoms with van der Waals surface area (Å²) < 4.78 is 0. The summed E-state index contributed by atoms with van der Waals surface area (Å²) in [5.74, 6) is 1.51. The van der Waals surface area contributed by atoms with E-state index < -0.39 is 11.6 Å². The first-order valence-electron chi connectivity index (χ1n) is 13.2. The van der Waals surface area contributed by atoms with Crippen molar-refractivity contribution in [3.8, 4) is 0 Å². The number of carbonyl (C=O) groups excluding carboxylic acids is 3. The van der Waals surface area contributed by atoms with Crippen molar-refractivity contribution in [2.24, 2.45) is 17.8 Å². The number of carbonyl (C=O) groups is 3. The highest BCUT2D eigenvalue weighted by Crippen LogP contribution is 2.51. The number of hydrogen-bond acceptors (Lipinski definition) is 4. The Hall–Kier alpha value is -3.39. The minimum atomic E-state index is -0.986. The van der Waals surface area contributed by atoms with E-state index in [0.29, 0.717) is 47.1 Å². The summed E-state index contributed by atoms with van der Waals surface area (Å²) in [6, 6.07) is 9.24. The molecule has 200 valence electrons. The van der Waals surface area contributed by atoms with Gasteiger partial charge in [-0.2, -0.15) is 0 Å². The summed E-state index contributed by atoms with van der Waals surface area (Å²) >= 11 is 1.39. The van der Waals surface area contributed by atoms with Crippen LogP contribution in [-0.2, 0) is 10.2 Å². The first-order chi connectivity index (χ1) is 17.9. The van der Waals surface area contributed by atoms with Crippen LogP contribution in [0, 0.1) is 17.8 Å². The zero-order valence-corrected chi connectivity index (χ0v) is 23.7. The third-order valence-electron chi connectivity index (χ3n) is 7.87. The molecule has 1 aromatic heterocycles. The van der Waals surface area contributed by atoms with Crippen LogP contribution < -0.4 is 16.0 Å². The van der Waals surface area contributed by atoms with Crippen molar-refractivity contribution in [2.75, 3.05) is 23.7 Å². The molecule has 0 bridgehead atoms. The van der Waals surface area contributed by atoms with E-state index in [1.54, 1.807) is 18.7 Å². The van der Waals surface area contributed by atoms with Gasteiger partial charge in [-0.15, -0.1) is 11.3 Å². The summed E-state index contributed by atoms with van der Waals surface area (Å²) in [6.45, 7) is 12.8. The largest absolute Gasteiger partial charge is 0.352 e. The fourth-order valence-electron chi connectivity index (χ4n) is 5.22. The summed E-state index contributed by atoms with van der Waals surface area (Å²) in [7, 11) is 0. The Morgan fingerprint density at radius 2 is 1.89 bits per heavy atom. The Kier molecular flexibility index (Phi) is 6.50. The third kappa shape index (κ3) is 4.89. The average molecular weight is 533 g/mol. The standard InChI is InChI=1S/C30H36N4O3S/c1-17-21-11-10-19(15-22(17)21)18-8-7-9-20(14-18)32-28(37)33-25-23(16-24(38-25)29(2,3)4)26(35)34-13-12-31-27(36)30(34,5)6/h7-11,14-17,21-22H,12-13H2,1-6H3,(H,31,36)(H2,32,33,37). The van der Waals surface area contributed by atoms with Gasteiger partial charge in [-0.3, -0.25) is 14.9 Å². The van der Waals surface area contributed by atoms with E-state index in [9.17, 15) is 14.4 Å². The van der Waals surface area contributed by atoms with Crippen LogP contribution in [0.3, 0.4) is 0 Å². The zero-order valence-electron chi connectivity index (χ0n) is 22.8. The molecule has 3 unspecified atom stereocenters. The molecule has 3 N–H and O–H groups in total. The van der Waals surface area contributed by atoms with Gasteiger partial charge in [0.1, 0.15) is 10.5 Å². The van der Waals surface area contributed by atoms with Gasteiger partial charge in [-0.05, 0) is 66.4 Å². The number of piperazine rings is 1. The molecular weight excluding hydrogens is 496 g/mol. The number of hydrogen-bond donors (Lipinski definition) is 3. The first-order valence-corrected chi connectivity index (χ1v) is 14.0. The Labute approximate surface area is 228 Å². The fraction of sp³-hybridized carbons (Fsp3) is 0.433. The summed E-state index contributed by atoms with van der Waals surface area (Å²) in [5.41, 5.74) is 2.11. The number of nitrogens with one attached hydrogen (secondary N) is 3. The van der Waals surface area contributed by atoms with Gasteiger partial charge in [0.25, 0.3) is 5.91 Å². The maximum atomic E-state index is 13.7. The number of allylic oxidation sites excluding steroid dienone is 4. The van der Waals surface area contributed by atoms with Gasteiger partial charge in [0.2, 0.25) is 5.91 Å². The predicted octanol–water partition coefficient (Wildman–Crippen LogP) is 5.88. The molecule has 1 aromatic carbocycles. The molecule has 1 saturated heterocycles. The number of rotatable bonds is 4. The van der Waals surface area contributed by atoms with Crippen molar-refractivity contribution < 1.29 is 14.4 Å². The van der Waals surface area contributed by atoms with E-state index >= 15 is 0 Å². The maximum absolute atomic E-state index is 13.7. The molecule has 3 aliphatic rings. The SMILES string of the molecule is CC1C2C=CC(c3cccc(NC(=O)Nc4sc(C(C)(C)C)cc4C(=O)N4CCNC(=O)C4(C)C)c3)=CC12. The number of urea groups is 1. The summed E-state index contributed by atoms with van der Waals surface area (Å²) in [4.78, 5) is 41.9. The molecule has 2 aliphatic carbocycles. The molecule has 1 saturated carbocycles. The van der Waals surface area contributed by atoms with Gasteiger partial charge >= 0.3 is 6.03 Å². The van der Waals surface area contributed by atoms with Crippen LogP contribution in [0.4, 0.5) is 15.5 Å². The molecule has 0 radical (unpaired) electrons. The smallest absolute Gasteiger partial charge is 0.324 e. The van der Waals surface area contributed by atoms with Gasteiger partial charge in [0.15, 0.2) is 0 Å². The van der Waals surface area contributed by atoms with Gasteiger partial charge in [-0.25, -0.2) is 4.79 Å². The van der Waals surface area contributed by atoms with Gasteiger partial charge in [0, 0.05) is 23.7 Å². The van der Waals surface area contributed by atoms with E-state index in [-0.39, 0.29) is 17.2 Å². The predicted molar refractivity (Wildman–Crippen MR) is 153 cm³/mol. The fourth-order valence-corrected chi connectivity index (χ4v) is 6.32. The number of nitrogens with zero attached hydrogens (tertiary/aromatic N) is 1. The second-order valence-corrected chi connectivity index (χ2v) is 13.1. The minimum Gasteiger partial charge on any atom is -0.352 e. The third-order valence-corrected chi connectivity index (χ3v) is 9.34. The quantitative estimate of drug-likeness (QED) is 0.460. The van der Waals surface area contributed by atoms with E-state index in [0.717, 1.165) is 10.4 Å². The minimum absolute atomic E-state index is 0.190. The molecule has 3 atom stereocenters. The molecule has 8 heteroatoms. The van der Waals surface area contributed by atoms with Crippen molar-refractivity contribution in [3.05, 3.63) is 64.6 Å². The van der Waals surface area contributed by atoms with Crippen molar-refractivity contribution in [1.82, 2.24) is 10.2 Å². The van der Waals surface area contributed by atoms with Crippen LogP contribution in [0.25, 0.3) is 5.57 Å². The maximum Gasteiger partial charge on any atom is 0.324 e. The van der Waals surface area contributed by atoms with Crippen molar-refractivity contribution in [2.45, 2.75) is 52.5 Å². The van der Waals surface area contributed by atoms with Crippen LogP contribution in [-0.4, -0.2) is 41.4 Å². The lowest BCUT2D eigenvalue weighted by atomic mass is 9.93. The van der Waals surface area contributed by atoms with Crippen LogP contribution >= 0.6 is 11.3 Å². The number of fused-ring (bicyclic) bond motifs is 1. The second-order valence-electron chi connectivity index (χ2n) is 12.0. The first kappa shape index (κ1) is 26.2. The van der Waals surface area contributed by atoms with E-state index in [1.807, 2.05) is 24.3 Å². The Bertz CT molecular complexity index is 1360. The highest BCUT2D eigenvalue weighted by atomic mass is 32.1. The van der Waals surface area contributed by atoms with Crippen molar-refractivity contribution >= 4 is 45.4 Å². The van der Waals surface area contributed by atoms with Gasteiger partial charge in [0.05, 0.1) is 5.56 Å². The highest BCUT2D eigenvalue weighted by molar-refractivity contribution is 7.16. The molecule has 2 aromatic rings. The average Bonchev–Trinajstić information content (AvgIpc) is 3.28. The number of thiophene rings is 1. The van der Waals surface area contributed by atoms with Crippen LogP contribution in [0.1, 0.15) is 62.3 Å². The van der Waals surface area contributed by atoms with E-state index in [1.165, 1.54) is 16.9 Å². The molecular formula is C30H36N4O3S. The molecule has 5 rings (SSSR count). The zero-order chi connectivity index (χ0) is 27.4. The number of benzene rings is 1. The Balaban J connectivity index is 1.36. The normalized spacial score (nSPS) is 23.7. The molecule has 2 fully saturated rings. The summed E-state index contributed by atoms with van der Waals surface area (Å²) in [6.07, 6.45) is 6.78. The van der Waals surface area contributed by atoms with Gasteiger partial charge < -0.3 is 15.5 Å². The molecule has 1 aliphatic heterocycles. The molecule has 2 heterocycles. The van der Waals surface area contributed by atoms with Crippen molar-refractivity contribution in [3.63, 3.8) is 0 Å². The van der Waals surface area contributed by atoms with Crippen LogP contribution in [0.2, 0.25) is 0 Å². The van der Waals surface area contributed by atoms with Crippen LogP contribution in [0.5, 0.6) is 0 Å². The van der Waals surface area contributed by atoms with Crippen LogP contribution in [0.15, 0.2) is 48.6 Å². The highest BCUT2D eigenvalue weighted by Gasteiger charge is 2.44. The lowest BCUT2D eigenvalue weighted by Crippen LogP contribution is -2.63.